The summed E-state index contributed by atoms with van der Waals surface area (Å²) in [5.41, 5.74) is 1.31. The highest BCUT2D eigenvalue weighted by Gasteiger charge is 2.19. The molecule has 0 aliphatic heterocycles. The summed E-state index contributed by atoms with van der Waals surface area (Å²) < 4.78 is 0. The van der Waals surface area contributed by atoms with Crippen molar-refractivity contribution in [2.75, 3.05) is 0 Å². The molecule has 1 aromatic carbocycles. The van der Waals surface area contributed by atoms with Gasteiger partial charge in [0.15, 0.2) is 0 Å². The van der Waals surface area contributed by atoms with E-state index in [-0.39, 0.29) is 18.5 Å². The molecule has 0 bridgehead atoms. The minimum Gasteiger partial charge on any atom is -0.480 e. The Labute approximate surface area is 127 Å². The number of benzene rings is 1. The summed E-state index contributed by atoms with van der Waals surface area (Å²) in [6.45, 7) is 3.67. The molecule has 0 unspecified atom stereocenters. The van der Waals surface area contributed by atoms with Crippen LogP contribution in [0.1, 0.15) is 25.8 Å². The number of aliphatic carboxylic acids is 1. The average Bonchev–Trinajstić information content (AvgIpc) is 2.43. The number of nitro benzene ring substituents is 1. The molecule has 1 rings (SSSR count). The van der Waals surface area contributed by atoms with E-state index in [1.807, 2.05) is 13.8 Å². The summed E-state index contributed by atoms with van der Waals surface area (Å²) in [7, 11) is 0. The first kappa shape index (κ1) is 17.4. The fraction of sp³-hybridized carbons (Fsp3) is 0.333. The van der Waals surface area contributed by atoms with Gasteiger partial charge in [0.25, 0.3) is 5.69 Å². The lowest BCUT2D eigenvalue weighted by molar-refractivity contribution is -0.384. The molecule has 0 saturated carbocycles. The highest BCUT2D eigenvalue weighted by atomic mass is 16.6. The Hall–Kier alpha value is -2.70. The summed E-state index contributed by atoms with van der Waals surface area (Å²) in [6, 6.07) is 4.68. The Kier molecular flexibility index (Phi) is 6.25. The van der Waals surface area contributed by atoms with Gasteiger partial charge in [-0.2, -0.15) is 0 Å². The third-order valence-corrected chi connectivity index (χ3v) is 2.88. The number of rotatable bonds is 7. The monoisotopic (exact) mass is 306 g/mol. The van der Waals surface area contributed by atoms with Crippen molar-refractivity contribution in [1.82, 2.24) is 5.32 Å². The number of allylic oxidation sites excluding steroid dienone is 1. The Morgan fingerprint density at radius 1 is 1.41 bits per heavy atom. The standard InChI is InChI=1S/C15H18N2O5/c1-10(2)6-7-13(15(19)20)16-14(18)9-11-4-3-5-12(8-11)17(21)22/h3-6,8,13H,7,9H2,1-2H3,(H,16,18)(H,19,20)/t13-/m1/s1. The largest absolute Gasteiger partial charge is 0.480 e. The van der Waals surface area contributed by atoms with Gasteiger partial charge >= 0.3 is 5.97 Å². The SMILES string of the molecule is CC(C)=CC[C@@H](NC(=O)Cc1cccc([N+](=O)[O-])c1)C(=O)O. The van der Waals surface area contributed by atoms with Gasteiger partial charge in [-0.15, -0.1) is 0 Å². The van der Waals surface area contributed by atoms with Crippen molar-refractivity contribution >= 4 is 17.6 Å². The van der Waals surface area contributed by atoms with Gasteiger partial charge in [0.2, 0.25) is 5.91 Å². The quantitative estimate of drug-likeness (QED) is 0.455. The molecule has 7 nitrogen and oxygen atoms in total. The molecule has 0 aromatic heterocycles. The number of nitro groups is 1. The van der Waals surface area contributed by atoms with E-state index >= 15 is 0 Å². The summed E-state index contributed by atoms with van der Waals surface area (Å²) in [5.74, 6) is -1.61. The maximum absolute atomic E-state index is 11.9. The zero-order valence-electron chi connectivity index (χ0n) is 12.4. The number of amides is 1. The Balaban J connectivity index is 2.71. The van der Waals surface area contributed by atoms with Crippen LogP contribution in [0.4, 0.5) is 5.69 Å². The molecule has 0 fully saturated rings. The van der Waals surface area contributed by atoms with E-state index in [1.165, 1.54) is 18.2 Å². The first-order valence-corrected chi connectivity index (χ1v) is 6.68. The van der Waals surface area contributed by atoms with Gasteiger partial charge in [-0.25, -0.2) is 4.79 Å². The van der Waals surface area contributed by atoms with Crippen molar-refractivity contribution in [3.05, 3.63) is 51.6 Å². The highest BCUT2D eigenvalue weighted by Crippen LogP contribution is 2.13. The second-order valence-corrected chi connectivity index (χ2v) is 5.08. The van der Waals surface area contributed by atoms with Gasteiger partial charge in [-0.05, 0) is 25.8 Å². The van der Waals surface area contributed by atoms with E-state index in [1.54, 1.807) is 12.1 Å². The van der Waals surface area contributed by atoms with Crippen LogP contribution in [0.2, 0.25) is 0 Å². The third-order valence-electron chi connectivity index (χ3n) is 2.88. The molecular weight excluding hydrogens is 288 g/mol. The summed E-state index contributed by atoms with van der Waals surface area (Å²) in [6.07, 6.45) is 1.81. The fourth-order valence-electron chi connectivity index (χ4n) is 1.79. The number of hydrogen-bond donors (Lipinski definition) is 2. The van der Waals surface area contributed by atoms with E-state index in [2.05, 4.69) is 5.32 Å². The molecule has 1 aromatic rings. The van der Waals surface area contributed by atoms with E-state index in [4.69, 9.17) is 5.11 Å². The topological polar surface area (TPSA) is 110 Å². The summed E-state index contributed by atoms with van der Waals surface area (Å²) in [5, 5.41) is 22.2. The summed E-state index contributed by atoms with van der Waals surface area (Å²) in [4.78, 5) is 33.1. The molecule has 1 amide bonds. The van der Waals surface area contributed by atoms with E-state index < -0.39 is 22.8 Å². The number of non-ortho nitro benzene ring substituents is 1. The van der Waals surface area contributed by atoms with Gasteiger partial charge in [0.05, 0.1) is 11.3 Å². The molecule has 0 spiro atoms. The van der Waals surface area contributed by atoms with Gasteiger partial charge in [-0.3, -0.25) is 14.9 Å². The molecule has 7 heteroatoms. The number of carbonyl (C=O) groups excluding carboxylic acids is 1. The van der Waals surface area contributed by atoms with Crippen molar-refractivity contribution in [2.45, 2.75) is 32.7 Å². The third kappa shape index (κ3) is 5.74. The second kappa shape index (κ2) is 7.92. The van der Waals surface area contributed by atoms with Crippen molar-refractivity contribution in [3.63, 3.8) is 0 Å². The molecule has 118 valence electrons. The number of nitrogens with one attached hydrogen (secondary N) is 1. The predicted molar refractivity (Wildman–Crippen MR) is 80.4 cm³/mol. The average molecular weight is 306 g/mol. The molecule has 0 aliphatic carbocycles. The maximum atomic E-state index is 11.9. The van der Waals surface area contributed by atoms with Gasteiger partial charge in [0, 0.05) is 12.1 Å². The van der Waals surface area contributed by atoms with Gasteiger partial charge in [0.1, 0.15) is 6.04 Å². The van der Waals surface area contributed by atoms with Crippen molar-refractivity contribution in [3.8, 4) is 0 Å². The molecule has 1 atom stereocenters. The van der Waals surface area contributed by atoms with Crippen LogP contribution >= 0.6 is 0 Å². The maximum Gasteiger partial charge on any atom is 0.326 e. The molecule has 0 aliphatic rings. The molecule has 0 saturated heterocycles. The number of carbonyl (C=O) groups is 2. The highest BCUT2D eigenvalue weighted by molar-refractivity contribution is 5.85. The number of carboxylic acids is 1. The van der Waals surface area contributed by atoms with Crippen LogP contribution < -0.4 is 5.32 Å². The van der Waals surface area contributed by atoms with Crippen LogP contribution in [-0.2, 0) is 16.0 Å². The zero-order valence-corrected chi connectivity index (χ0v) is 12.4. The number of carboxylic acid groups (broad SMARTS) is 1. The van der Waals surface area contributed by atoms with Crippen molar-refractivity contribution in [2.24, 2.45) is 0 Å². The second-order valence-electron chi connectivity index (χ2n) is 5.08. The first-order valence-electron chi connectivity index (χ1n) is 6.68. The normalized spacial score (nSPS) is 11.4. The van der Waals surface area contributed by atoms with E-state index in [9.17, 15) is 19.7 Å². The Morgan fingerprint density at radius 3 is 2.64 bits per heavy atom. The van der Waals surface area contributed by atoms with Crippen LogP contribution in [0.5, 0.6) is 0 Å². The first-order chi connectivity index (χ1) is 10.3. The van der Waals surface area contributed by atoms with Gasteiger partial charge in [-0.1, -0.05) is 23.8 Å². The van der Waals surface area contributed by atoms with E-state index in [0.29, 0.717) is 5.56 Å². The lowest BCUT2D eigenvalue weighted by Gasteiger charge is -2.13. The fourth-order valence-corrected chi connectivity index (χ4v) is 1.79. The van der Waals surface area contributed by atoms with Gasteiger partial charge < -0.3 is 10.4 Å². The molecule has 0 heterocycles. The number of nitrogens with zero attached hydrogens (tertiary/aromatic N) is 1. The van der Waals surface area contributed by atoms with Crippen LogP contribution in [0.15, 0.2) is 35.9 Å². The van der Waals surface area contributed by atoms with Crippen LogP contribution in [0.3, 0.4) is 0 Å². The minimum absolute atomic E-state index is 0.107. The predicted octanol–water partition coefficient (Wildman–Crippen LogP) is 2.06. The zero-order chi connectivity index (χ0) is 16.7. The van der Waals surface area contributed by atoms with Crippen molar-refractivity contribution in [1.29, 1.82) is 0 Å². The van der Waals surface area contributed by atoms with Crippen LogP contribution in [-0.4, -0.2) is 27.9 Å². The molecule has 2 N–H and O–H groups in total. The minimum atomic E-state index is -1.12. The smallest absolute Gasteiger partial charge is 0.326 e. The van der Waals surface area contributed by atoms with E-state index in [0.717, 1.165) is 5.57 Å². The van der Waals surface area contributed by atoms with Crippen LogP contribution in [0, 0.1) is 10.1 Å². The molecule has 22 heavy (non-hydrogen) atoms. The lowest BCUT2D eigenvalue weighted by atomic mass is 10.1. The summed E-state index contributed by atoms with van der Waals surface area (Å²) >= 11 is 0. The van der Waals surface area contributed by atoms with Crippen molar-refractivity contribution < 1.29 is 19.6 Å². The lowest BCUT2D eigenvalue weighted by Crippen LogP contribution is -2.41. The van der Waals surface area contributed by atoms with Crippen LogP contribution in [0.25, 0.3) is 0 Å². The number of hydrogen-bond acceptors (Lipinski definition) is 4. The molecule has 0 radical (unpaired) electrons. The Bertz CT molecular complexity index is 606. The molecular formula is C15H18N2O5. The Morgan fingerprint density at radius 2 is 2.09 bits per heavy atom.